The van der Waals surface area contributed by atoms with Crippen LogP contribution in [-0.4, -0.2) is 34.3 Å². The van der Waals surface area contributed by atoms with Crippen molar-refractivity contribution in [1.29, 1.82) is 0 Å². The number of hydrogen-bond donors (Lipinski definition) is 2. The first kappa shape index (κ1) is 20.1. The molecule has 0 saturated carbocycles. The van der Waals surface area contributed by atoms with Crippen molar-refractivity contribution in [3.63, 3.8) is 0 Å². The quantitative estimate of drug-likeness (QED) is 0.615. The minimum Gasteiger partial charge on any atom is -0.508 e. The lowest BCUT2D eigenvalue weighted by Gasteiger charge is -2.41. The summed E-state index contributed by atoms with van der Waals surface area (Å²) in [6.07, 6.45) is 0.145. The van der Waals surface area contributed by atoms with Gasteiger partial charge >= 0.3 is 5.97 Å². The second-order valence-electron chi connectivity index (χ2n) is 8.41. The van der Waals surface area contributed by atoms with Gasteiger partial charge in [0, 0.05) is 36.0 Å². The van der Waals surface area contributed by atoms with E-state index in [9.17, 15) is 14.3 Å². The first-order chi connectivity index (χ1) is 14.2. The van der Waals surface area contributed by atoms with E-state index in [1.165, 1.54) is 6.07 Å². The van der Waals surface area contributed by atoms with Gasteiger partial charge in [0.1, 0.15) is 17.4 Å². The molecule has 1 aromatic heterocycles. The number of nitrogens with zero attached hydrogens (tertiary/aromatic N) is 2. The van der Waals surface area contributed by atoms with Crippen LogP contribution in [0.3, 0.4) is 0 Å². The normalized spacial score (nSPS) is 14.4. The zero-order chi connectivity index (χ0) is 21.6. The number of carboxylic acids is 1. The van der Waals surface area contributed by atoms with Crippen molar-refractivity contribution in [3.8, 4) is 16.9 Å². The third-order valence-electron chi connectivity index (χ3n) is 5.73. The van der Waals surface area contributed by atoms with Gasteiger partial charge in [0.15, 0.2) is 0 Å². The molecule has 2 N–H and O–H groups in total. The number of halogens is 1. The molecule has 1 fully saturated rings. The molecule has 1 aliphatic rings. The maximum Gasteiger partial charge on any atom is 0.303 e. The van der Waals surface area contributed by atoms with Crippen molar-refractivity contribution >= 4 is 22.7 Å². The number of fused-ring (bicyclic) bond motifs is 1. The molecule has 156 valence electrons. The van der Waals surface area contributed by atoms with Crippen LogP contribution in [0.15, 0.2) is 36.4 Å². The van der Waals surface area contributed by atoms with E-state index in [0.29, 0.717) is 24.2 Å². The number of aromatic nitrogens is 1. The summed E-state index contributed by atoms with van der Waals surface area (Å²) in [5, 5.41) is 20.0. The third-order valence-corrected chi connectivity index (χ3v) is 5.73. The number of benzene rings is 2. The monoisotopic (exact) mass is 408 g/mol. The maximum atomic E-state index is 14.0. The van der Waals surface area contributed by atoms with Crippen LogP contribution in [0.4, 0.5) is 10.2 Å². The second kappa shape index (κ2) is 7.59. The number of aryl methyl sites for hydroxylation is 1. The van der Waals surface area contributed by atoms with Crippen LogP contribution in [-0.2, 0) is 4.79 Å². The molecule has 0 unspecified atom stereocenters. The van der Waals surface area contributed by atoms with Gasteiger partial charge in [0.2, 0.25) is 0 Å². The Bertz CT molecular complexity index is 1140. The molecule has 0 aliphatic carbocycles. The van der Waals surface area contributed by atoms with E-state index in [-0.39, 0.29) is 29.8 Å². The molecule has 0 atom stereocenters. The molecule has 2 heterocycles. The van der Waals surface area contributed by atoms with E-state index in [2.05, 4.69) is 18.7 Å². The first-order valence-electron chi connectivity index (χ1n) is 10.1. The minimum absolute atomic E-state index is 0.0979. The number of carboxylic acid groups (broad SMARTS) is 1. The van der Waals surface area contributed by atoms with Gasteiger partial charge in [0.05, 0.1) is 11.9 Å². The van der Waals surface area contributed by atoms with Crippen molar-refractivity contribution in [1.82, 2.24) is 4.98 Å². The molecular formula is C24H25FN2O3. The number of hydrogen-bond acceptors (Lipinski definition) is 4. The van der Waals surface area contributed by atoms with Gasteiger partial charge in [-0.05, 0) is 53.8 Å². The van der Waals surface area contributed by atoms with Gasteiger partial charge in [-0.1, -0.05) is 19.9 Å². The average Bonchev–Trinajstić information content (AvgIpc) is 2.64. The van der Waals surface area contributed by atoms with Crippen LogP contribution in [0.5, 0.6) is 5.75 Å². The summed E-state index contributed by atoms with van der Waals surface area (Å²) in [5.74, 6) is 0.141. The minimum atomic E-state index is -0.789. The second-order valence-corrected chi connectivity index (χ2v) is 8.41. The molecule has 30 heavy (non-hydrogen) atoms. The van der Waals surface area contributed by atoms with Crippen molar-refractivity contribution in [2.45, 2.75) is 33.1 Å². The smallest absolute Gasteiger partial charge is 0.303 e. The highest BCUT2D eigenvalue weighted by Crippen LogP contribution is 2.43. The fourth-order valence-electron chi connectivity index (χ4n) is 4.27. The Hall–Kier alpha value is -3.15. The largest absolute Gasteiger partial charge is 0.508 e. The molecule has 1 saturated heterocycles. The molecule has 5 nitrogen and oxygen atoms in total. The van der Waals surface area contributed by atoms with E-state index in [0.717, 1.165) is 27.9 Å². The first-order valence-corrected chi connectivity index (χ1v) is 10.1. The molecular weight excluding hydrogens is 383 g/mol. The molecule has 4 rings (SSSR count). The van der Waals surface area contributed by atoms with E-state index in [1.807, 2.05) is 12.1 Å². The molecule has 0 bridgehead atoms. The summed E-state index contributed by atoms with van der Waals surface area (Å²) in [6, 6.07) is 10.2. The fourth-order valence-corrected chi connectivity index (χ4v) is 4.27. The number of aliphatic carboxylic acids is 1. The van der Waals surface area contributed by atoms with Gasteiger partial charge in [-0.2, -0.15) is 0 Å². The van der Waals surface area contributed by atoms with Crippen LogP contribution < -0.4 is 4.90 Å². The fraction of sp³-hybridized carbons (Fsp3) is 0.333. The Morgan fingerprint density at radius 1 is 1.23 bits per heavy atom. The molecule has 0 radical (unpaired) electrons. The van der Waals surface area contributed by atoms with E-state index >= 15 is 0 Å². The van der Waals surface area contributed by atoms with Gasteiger partial charge in [-0.25, -0.2) is 9.37 Å². The number of pyridine rings is 1. The van der Waals surface area contributed by atoms with E-state index in [4.69, 9.17) is 10.1 Å². The van der Waals surface area contributed by atoms with Gasteiger partial charge in [0.25, 0.3) is 0 Å². The highest BCUT2D eigenvalue weighted by molar-refractivity contribution is 5.99. The molecule has 0 amide bonds. The standard InChI is InChI=1S/C24H25FN2O3/c1-13(2)22-23(16-4-7-19(25)14(3)8-16)18-6-5-17(28)10-20(18)26-24(22)27-11-15(12-27)9-21(29)30/h4-8,10,13,15,28H,9,11-12H2,1-3H3,(H,29,30). The Kier molecular flexibility index (Phi) is 5.10. The average molecular weight is 408 g/mol. The summed E-state index contributed by atoms with van der Waals surface area (Å²) in [6.45, 7) is 7.20. The number of aromatic hydroxyl groups is 1. The van der Waals surface area contributed by atoms with Gasteiger partial charge in [-0.15, -0.1) is 0 Å². The zero-order valence-electron chi connectivity index (χ0n) is 17.3. The number of anilines is 1. The summed E-state index contributed by atoms with van der Waals surface area (Å²) >= 11 is 0. The summed E-state index contributed by atoms with van der Waals surface area (Å²) < 4.78 is 14.0. The van der Waals surface area contributed by atoms with Crippen LogP contribution in [0.1, 0.15) is 37.3 Å². The predicted octanol–water partition coefficient (Wildman–Crippen LogP) is 5.09. The number of carbonyl (C=O) groups is 1. The van der Waals surface area contributed by atoms with E-state index < -0.39 is 5.97 Å². The lowest BCUT2D eigenvalue weighted by atomic mass is 9.87. The topological polar surface area (TPSA) is 73.7 Å². The Morgan fingerprint density at radius 2 is 1.97 bits per heavy atom. The highest BCUT2D eigenvalue weighted by Gasteiger charge is 2.33. The Balaban J connectivity index is 1.93. The SMILES string of the molecule is Cc1cc(-c2c(C(C)C)c(N3CC(CC(=O)O)C3)nc3cc(O)ccc23)ccc1F. The van der Waals surface area contributed by atoms with Crippen LogP contribution in [0.25, 0.3) is 22.0 Å². The molecule has 3 aromatic rings. The Labute approximate surface area is 174 Å². The van der Waals surface area contributed by atoms with Crippen molar-refractivity contribution < 1.29 is 19.4 Å². The number of phenolic OH excluding ortho intramolecular Hbond substituents is 1. The highest BCUT2D eigenvalue weighted by atomic mass is 19.1. The summed E-state index contributed by atoms with van der Waals surface area (Å²) in [7, 11) is 0. The summed E-state index contributed by atoms with van der Waals surface area (Å²) in [5.41, 5.74) is 4.16. The third kappa shape index (κ3) is 3.58. The lowest BCUT2D eigenvalue weighted by Crippen LogP contribution is -2.48. The molecule has 1 aliphatic heterocycles. The molecule has 0 spiro atoms. The van der Waals surface area contributed by atoms with E-state index in [1.54, 1.807) is 25.1 Å². The van der Waals surface area contributed by atoms with Crippen molar-refractivity contribution in [2.75, 3.05) is 18.0 Å². The van der Waals surface area contributed by atoms with Crippen molar-refractivity contribution in [3.05, 3.63) is 53.3 Å². The Morgan fingerprint density at radius 3 is 2.60 bits per heavy atom. The molecule has 6 heteroatoms. The van der Waals surface area contributed by atoms with Crippen molar-refractivity contribution in [2.24, 2.45) is 5.92 Å². The number of rotatable bonds is 5. The maximum absolute atomic E-state index is 14.0. The predicted molar refractivity (Wildman–Crippen MR) is 116 cm³/mol. The van der Waals surface area contributed by atoms with Gasteiger partial charge in [-0.3, -0.25) is 4.79 Å². The lowest BCUT2D eigenvalue weighted by molar-refractivity contribution is -0.138. The van der Waals surface area contributed by atoms with Crippen LogP contribution >= 0.6 is 0 Å². The zero-order valence-corrected chi connectivity index (χ0v) is 17.3. The summed E-state index contributed by atoms with van der Waals surface area (Å²) in [4.78, 5) is 18.0. The van der Waals surface area contributed by atoms with Gasteiger partial charge < -0.3 is 15.1 Å². The number of phenols is 1. The van der Waals surface area contributed by atoms with Crippen LogP contribution in [0.2, 0.25) is 0 Å². The van der Waals surface area contributed by atoms with Crippen LogP contribution in [0, 0.1) is 18.7 Å². The molecule has 2 aromatic carbocycles.